The molecule has 0 amide bonds. The first-order valence-electron chi connectivity index (χ1n) is 7.65. The van der Waals surface area contributed by atoms with Crippen LogP contribution in [-0.4, -0.2) is 28.5 Å². The Balaban J connectivity index is 2.03. The van der Waals surface area contributed by atoms with E-state index >= 15 is 0 Å². The Hall–Kier alpha value is -3.62. The Morgan fingerprint density at radius 1 is 1.23 bits per heavy atom. The Bertz CT molecular complexity index is 1030. The smallest absolute Gasteiger partial charge is 0.376 e. The fourth-order valence-corrected chi connectivity index (χ4v) is 2.57. The molecule has 0 saturated heterocycles. The predicted octanol–water partition coefficient (Wildman–Crippen LogP) is 2.23. The third-order valence-corrected chi connectivity index (χ3v) is 3.83. The van der Waals surface area contributed by atoms with Gasteiger partial charge in [0.2, 0.25) is 5.82 Å². The van der Waals surface area contributed by atoms with Gasteiger partial charge in [-0.2, -0.15) is 0 Å². The number of hydrogen-bond donors (Lipinski definition) is 1. The molecule has 0 atom stereocenters. The number of anilines is 1. The average molecular weight is 356 g/mol. The third kappa shape index (κ3) is 3.14. The Morgan fingerprint density at radius 3 is 2.73 bits per heavy atom. The Morgan fingerprint density at radius 2 is 2.04 bits per heavy atom. The number of hydrogen-bond acceptors (Lipinski definition) is 7. The van der Waals surface area contributed by atoms with Crippen LogP contribution in [0.15, 0.2) is 47.4 Å². The molecule has 3 rings (SSSR count). The standard InChI is InChI=1S/C17H16N4O5/c1-25-12-6-7-13(26-2)11(9-12)10-18-16-15(21(23)24)17(22)20-8-4-3-5-14(20)19-16/h3-9,18H,10H2,1-2H3. The maximum Gasteiger partial charge on any atom is 0.376 e. The Kier molecular flexibility index (Phi) is 4.70. The van der Waals surface area contributed by atoms with Crippen LogP contribution in [0.2, 0.25) is 0 Å². The zero-order valence-corrected chi connectivity index (χ0v) is 14.1. The second kappa shape index (κ2) is 7.09. The molecule has 3 aromatic rings. The highest BCUT2D eigenvalue weighted by Gasteiger charge is 2.23. The fourth-order valence-electron chi connectivity index (χ4n) is 2.57. The average Bonchev–Trinajstić information content (AvgIpc) is 2.65. The van der Waals surface area contributed by atoms with Gasteiger partial charge in [-0.15, -0.1) is 0 Å². The van der Waals surface area contributed by atoms with Crippen molar-refractivity contribution in [2.45, 2.75) is 6.54 Å². The molecular formula is C17H16N4O5. The number of methoxy groups -OCH3 is 2. The largest absolute Gasteiger partial charge is 0.497 e. The first-order valence-corrected chi connectivity index (χ1v) is 7.65. The van der Waals surface area contributed by atoms with E-state index < -0.39 is 16.2 Å². The SMILES string of the molecule is COc1ccc(OC)c(CNc2nc3ccccn3c(=O)c2[N+](=O)[O-])c1. The summed E-state index contributed by atoms with van der Waals surface area (Å²) in [4.78, 5) is 27.3. The van der Waals surface area contributed by atoms with E-state index in [2.05, 4.69) is 10.3 Å². The van der Waals surface area contributed by atoms with Crippen molar-refractivity contribution in [2.75, 3.05) is 19.5 Å². The van der Waals surface area contributed by atoms with E-state index in [1.54, 1.807) is 36.4 Å². The van der Waals surface area contributed by atoms with E-state index in [1.807, 2.05) is 0 Å². The normalized spacial score (nSPS) is 10.5. The molecule has 9 heteroatoms. The van der Waals surface area contributed by atoms with Crippen LogP contribution in [0.1, 0.15) is 5.56 Å². The van der Waals surface area contributed by atoms with Crippen molar-refractivity contribution in [3.8, 4) is 11.5 Å². The lowest BCUT2D eigenvalue weighted by molar-refractivity contribution is -0.385. The summed E-state index contributed by atoms with van der Waals surface area (Å²) in [7, 11) is 3.06. The molecule has 0 radical (unpaired) electrons. The van der Waals surface area contributed by atoms with Crippen molar-refractivity contribution in [1.82, 2.24) is 9.38 Å². The minimum absolute atomic E-state index is 0.101. The summed E-state index contributed by atoms with van der Waals surface area (Å²) in [5.41, 5.74) is -0.351. The predicted molar refractivity (Wildman–Crippen MR) is 95.0 cm³/mol. The van der Waals surface area contributed by atoms with Gasteiger partial charge in [-0.25, -0.2) is 4.98 Å². The van der Waals surface area contributed by atoms with Crippen molar-refractivity contribution in [3.63, 3.8) is 0 Å². The van der Waals surface area contributed by atoms with Gasteiger partial charge in [0.25, 0.3) is 0 Å². The molecule has 2 aromatic heterocycles. The zero-order chi connectivity index (χ0) is 18.7. The van der Waals surface area contributed by atoms with E-state index in [0.717, 1.165) is 4.40 Å². The topological polar surface area (TPSA) is 108 Å². The molecule has 1 aromatic carbocycles. The highest BCUT2D eigenvalue weighted by atomic mass is 16.6. The van der Waals surface area contributed by atoms with Gasteiger partial charge in [-0.1, -0.05) is 6.07 Å². The van der Waals surface area contributed by atoms with Crippen molar-refractivity contribution >= 4 is 17.2 Å². The van der Waals surface area contributed by atoms with E-state index in [-0.39, 0.29) is 12.4 Å². The number of nitrogens with one attached hydrogen (secondary N) is 1. The maximum atomic E-state index is 12.4. The molecule has 0 aliphatic carbocycles. The molecule has 134 valence electrons. The molecule has 0 spiro atoms. The molecule has 26 heavy (non-hydrogen) atoms. The van der Waals surface area contributed by atoms with Gasteiger partial charge >= 0.3 is 11.2 Å². The second-order valence-electron chi connectivity index (χ2n) is 5.33. The van der Waals surface area contributed by atoms with Gasteiger partial charge in [0.1, 0.15) is 17.1 Å². The molecule has 0 saturated carbocycles. The number of ether oxygens (including phenoxy) is 2. The molecule has 0 fully saturated rings. The quantitative estimate of drug-likeness (QED) is 0.533. The van der Waals surface area contributed by atoms with Crippen molar-refractivity contribution in [1.29, 1.82) is 0 Å². The van der Waals surface area contributed by atoms with E-state index in [0.29, 0.717) is 22.7 Å². The lowest BCUT2D eigenvalue weighted by Gasteiger charge is -2.12. The van der Waals surface area contributed by atoms with Gasteiger partial charge in [0, 0.05) is 18.3 Å². The highest BCUT2D eigenvalue weighted by Crippen LogP contribution is 2.26. The van der Waals surface area contributed by atoms with Crippen LogP contribution in [0.4, 0.5) is 11.5 Å². The van der Waals surface area contributed by atoms with Gasteiger partial charge in [-0.05, 0) is 30.3 Å². The molecule has 0 bridgehead atoms. The van der Waals surface area contributed by atoms with Crippen LogP contribution in [-0.2, 0) is 6.54 Å². The summed E-state index contributed by atoms with van der Waals surface area (Å²) in [6.07, 6.45) is 1.44. The lowest BCUT2D eigenvalue weighted by atomic mass is 10.2. The molecule has 9 nitrogen and oxygen atoms in total. The molecule has 0 unspecified atom stereocenters. The van der Waals surface area contributed by atoms with E-state index in [9.17, 15) is 14.9 Å². The molecule has 2 heterocycles. The van der Waals surface area contributed by atoms with Gasteiger partial charge in [-0.3, -0.25) is 19.3 Å². The van der Waals surface area contributed by atoms with Gasteiger partial charge in [0.05, 0.1) is 19.1 Å². The Labute approximate surface area is 148 Å². The number of rotatable bonds is 6. The fraction of sp³-hybridized carbons (Fsp3) is 0.176. The number of benzene rings is 1. The maximum absolute atomic E-state index is 12.4. The number of pyridine rings is 1. The van der Waals surface area contributed by atoms with Crippen LogP contribution in [0.5, 0.6) is 11.5 Å². The number of nitro groups is 1. The summed E-state index contributed by atoms with van der Waals surface area (Å²) in [5.74, 6) is 1.10. The summed E-state index contributed by atoms with van der Waals surface area (Å²) < 4.78 is 11.6. The number of aromatic nitrogens is 2. The molecule has 1 N–H and O–H groups in total. The van der Waals surface area contributed by atoms with Crippen molar-refractivity contribution < 1.29 is 14.4 Å². The van der Waals surface area contributed by atoms with Gasteiger partial charge < -0.3 is 14.8 Å². The van der Waals surface area contributed by atoms with Crippen LogP contribution in [0, 0.1) is 10.1 Å². The van der Waals surface area contributed by atoms with Crippen LogP contribution in [0.3, 0.4) is 0 Å². The zero-order valence-electron chi connectivity index (χ0n) is 14.1. The summed E-state index contributed by atoms with van der Waals surface area (Å²) in [6, 6.07) is 10.1. The van der Waals surface area contributed by atoms with Crippen LogP contribution < -0.4 is 20.3 Å². The van der Waals surface area contributed by atoms with E-state index in [4.69, 9.17) is 9.47 Å². The second-order valence-corrected chi connectivity index (χ2v) is 5.33. The van der Waals surface area contributed by atoms with Crippen molar-refractivity contribution in [3.05, 3.63) is 68.6 Å². The molecule has 0 aliphatic heterocycles. The molecular weight excluding hydrogens is 340 g/mol. The third-order valence-electron chi connectivity index (χ3n) is 3.83. The number of nitrogens with zero attached hydrogens (tertiary/aromatic N) is 3. The first-order chi connectivity index (χ1) is 12.5. The highest BCUT2D eigenvalue weighted by molar-refractivity contribution is 5.60. The summed E-state index contributed by atoms with van der Waals surface area (Å²) >= 11 is 0. The summed E-state index contributed by atoms with van der Waals surface area (Å²) in [6.45, 7) is 0.163. The minimum atomic E-state index is -0.749. The number of fused-ring (bicyclic) bond motifs is 1. The van der Waals surface area contributed by atoms with Crippen LogP contribution in [0.25, 0.3) is 5.65 Å². The van der Waals surface area contributed by atoms with Gasteiger partial charge in [0.15, 0.2) is 0 Å². The van der Waals surface area contributed by atoms with Crippen molar-refractivity contribution in [2.24, 2.45) is 0 Å². The lowest BCUT2D eigenvalue weighted by Crippen LogP contribution is -2.21. The summed E-state index contributed by atoms with van der Waals surface area (Å²) in [5, 5.41) is 14.3. The van der Waals surface area contributed by atoms with E-state index in [1.165, 1.54) is 20.4 Å². The monoisotopic (exact) mass is 356 g/mol. The van der Waals surface area contributed by atoms with Crippen LogP contribution >= 0.6 is 0 Å². The minimum Gasteiger partial charge on any atom is -0.497 e. The first kappa shape index (κ1) is 17.2. The molecule has 0 aliphatic rings.